The molecule has 0 spiro atoms. The summed E-state index contributed by atoms with van der Waals surface area (Å²) in [6, 6.07) is 2.21. The average molecular weight is 340 g/mol. The first-order valence-corrected chi connectivity index (χ1v) is 8.21. The molecule has 1 aromatic carbocycles. The fraction of sp³-hybridized carbons (Fsp3) is 0.625. The van der Waals surface area contributed by atoms with Crippen LogP contribution in [0.25, 0.3) is 0 Å². The van der Waals surface area contributed by atoms with Crippen LogP contribution in [0.4, 0.5) is 0 Å². The van der Waals surface area contributed by atoms with Crippen molar-refractivity contribution in [1.29, 1.82) is 0 Å². The molecule has 0 atom stereocenters. The predicted molar refractivity (Wildman–Crippen MR) is 83.8 cm³/mol. The van der Waals surface area contributed by atoms with Gasteiger partial charge in [-0.2, -0.15) is 0 Å². The molecule has 1 heterocycles. The summed E-state index contributed by atoms with van der Waals surface area (Å²) in [5.41, 5.74) is 8.84. The molecule has 2 N–H and O–H groups in total. The van der Waals surface area contributed by atoms with Crippen molar-refractivity contribution in [3.8, 4) is 11.5 Å². The van der Waals surface area contributed by atoms with E-state index in [0.717, 1.165) is 29.0 Å². The van der Waals surface area contributed by atoms with Crippen LogP contribution in [0.1, 0.15) is 50.2 Å². The molecule has 0 aromatic heterocycles. The van der Waals surface area contributed by atoms with E-state index < -0.39 is 0 Å². The maximum Gasteiger partial charge on any atom is 0.175 e. The molecule has 3 rings (SSSR count). The number of hydrogen-bond donors (Lipinski definition) is 1. The first kappa shape index (κ1) is 14.2. The highest BCUT2D eigenvalue weighted by molar-refractivity contribution is 9.10. The summed E-state index contributed by atoms with van der Waals surface area (Å²) in [5, 5.41) is 0. The van der Waals surface area contributed by atoms with Gasteiger partial charge in [-0.3, -0.25) is 0 Å². The fourth-order valence-corrected chi connectivity index (χ4v) is 3.58. The van der Waals surface area contributed by atoms with E-state index in [2.05, 4.69) is 35.8 Å². The largest absolute Gasteiger partial charge is 0.489 e. The van der Waals surface area contributed by atoms with Gasteiger partial charge in [0, 0.05) is 23.9 Å². The minimum atomic E-state index is 0.160. The van der Waals surface area contributed by atoms with Crippen molar-refractivity contribution in [3.63, 3.8) is 0 Å². The second-order valence-corrected chi connectivity index (χ2v) is 7.02. The first-order chi connectivity index (χ1) is 9.59. The normalized spacial score (nSPS) is 19.9. The minimum absolute atomic E-state index is 0.160. The highest BCUT2D eigenvalue weighted by Gasteiger charge is 2.46. The zero-order valence-corrected chi connectivity index (χ0v) is 13.8. The summed E-state index contributed by atoms with van der Waals surface area (Å²) in [6.45, 7) is 6.57. The number of hydrogen-bond acceptors (Lipinski definition) is 3. The van der Waals surface area contributed by atoms with E-state index >= 15 is 0 Å². The summed E-state index contributed by atoms with van der Waals surface area (Å²) in [5.74, 6) is 2.20. The van der Waals surface area contributed by atoms with Crippen LogP contribution in [-0.4, -0.2) is 19.8 Å². The Kier molecular flexibility index (Phi) is 3.71. The third-order valence-electron chi connectivity index (χ3n) is 4.40. The lowest BCUT2D eigenvalue weighted by Gasteiger charge is -2.25. The van der Waals surface area contributed by atoms with Gasteiger partial charge in [-0.25, -0.2) is 0 Å². The molecule has 0 amide bonds. The number of ether oxygens (including phenoxy) is 2. The second kappa shape index (κ2) is 5.23. The Morgan fingerprint density at radius 2 is 1.90 bits per heavy atom. The smallest absolute Gasteiger partial charge is 0.175 e. The summed E-state index contributed by atoms with van der Waals surface area (Å²) in [7, 11) is 0. The zero-order chi connectivity index (χ0) is 14.3. The van der Waals surface area contributed by atoms with E-state index in [-0.39, 0.29) is 5.41 Å². The average Bonchev–Trinajstić information content (AvgIpc) is 3.22. The maximum absolute atomic E-state index is 6.04. The van der Waals surface area contributed by atoms with E-state index in [1.165, 1.54) is 24.0 Å². The van der Waals surface area contributed by atoms with Gasteiger partial charge in [-0.15, -0.1) is 0 Å². The summed E-state index contributed by atoms with van der Waals surface area (Å²) < 4.78 is 12.9. The molecule has 1 aliphatic heterocycles. The highest BCUT2D eigenvalue weighted by Crippen LogP contribution is 2.55. The molecule has 0 saturated heterocycles. The molecule has 3 nitrogen and oxygen atoms in total. The van der Waals surface area contributed by atoms with E-state index in [0.29, 0.717) is 19.1 Å². The third-order valence-corrected chi connectivity index (χ3v) is 4.99. The van der Waals surface area contributed by atoms with Crippen LogP contribution >= 0.6 is 15.9 Å². The zero-order valence-electron chi connectivity index (χ0n) is 12.2. The quantitative estimate of drug-likeness (QED) is 0.912. The predicted octanol–water partition coefficient (Wildman–Crippen LogP) is 3.72. The lowest BCUT2D eigenvalue weighted by atomic mass is 9.85. The molecule has 1 aromatic rings. The molecule has 0 radical (unpaired) electrons. The molecule has 20 heavy (non-hydrogen) atoms. The Bertz CT molecular complexity index is 524. The molecule has 1 fully saturated rings. The molecular weight excluding hydrogens is 318 g/mol. The number of rotatable bonds is 3. The fourth-order valence-electron chi connectivity index (χ4n) is 3.05. The number of halogens is 1. The lowest BCUT2D eigenvalue weighted by Crippen LogP contribution is -2.22. The monoisotopic (exact) mass is 339 g/mol. The molecule has 2 aliphatic rings. The van der Waals surface area contributed by atoms with Crippen LogP contribution in [0.2, 0.25) is 0 Å². The van der Waals surface area contributed by atoms with Crippen molar-refractivity contribution >= 4 is 15.9 Å². The summed E-state index contributed by atoms with van der Waals surface area (Å²) >= 11 is 3.65. The Hall–Kier alpha value is -0.740. The molecule has 110 valence electrons. The van der Waals surface area contributed by atoms with Crippen LogP contribution in [0.5, 0.6) is 11.5 Å². The second-order valence-electron chi connectivity index (χ2n) is 6.17. The third kappa shape index (κ3) is 2.23. The molecule has 4 heteroatoms. The Morgan fingerprint density at radius 3 is 2.45 bits per heavy atom. The van der Waals surface area contributed by atoms with Crippen LogP contribution in [-0.2, 0) is 5.41 Å². The molecule has 0 bridgehead atoms. The number of benzene rings is 1. The Morgan fingerprint density at radius 1 is 1.25 bits per heavy atom. The van der Waals surface area contributed by atoms with Gasteiger partial charge in [0.05, 0.1) is 17.7 Å². The van der Waals surface area contributed by atoms with Crippen LogP contribution in [0, 0.1) is 0 Å². The van der Waals surface area contributed by atoms with Crippen LogP contribution in [0.15, 0.2) is 10.5 Å². The van der Waals surface area contributed by atoms with E-state index in [9.17, 15) is 0 Å². The van der Waals surface area contributed by atoms with Crippen LogP contribution < -0.4 is 15.2 Å². The van der Waals surface area contributed by atoms with Gasteiger partial charge < -0.3 is 15.2 Å². The Balaban J connectivity index is 2.20. The lowest BCUT2D eigenvalue weighted by molar-refractivity contribution is 0.295. The molecular formula is C16H22BrNO2. The van der Waals surface area contributed by atoms with E-state index in [1.54, 1.807) is 0 Å². The van der Waals surface area contributed by atoms with Crippen molar-refractivity contribution < 1.29 is 9.47 Å². The summed E-state index contributed by atoms with van der Waals surface area (Å²) in [4.78, 5) is 0. The van der Waals surface area contributed by atoms with Crippen molar-refractivity contribution in [3.05, 3.63) is 21.7 Å². The number of fused-ring (bicyclic) bond motifs is 1. The Labute approximate surface area is 129 Å². The van der Waals surface area contributed by atoms with E-state index in [1.807, 2.05) is 0 Å². The van der Waals surface area contributed by atoms with Crippen molar-refractivity contribution in [2.24, 2.45) is 5.73 Å². The van der Waals surface area contributed by atoms with Gasteiger partial charge in [-0.1, -0.05) is 13.8 Å². The first-order valence-electron chi connectivity index (χ1n) is 7.41. The molecule has 1 aliphatic carbocycles. The van der Waals surface area contributed by atoms with Gasteiger partial charge in [0.25, 0.3) is 0 Å². The topological polar surface area (TPSA) is 44.5 Å². The SMILES string of the molecule is CC(C)c1c(C2(CN)CC2)cc(Br)c2c1OCCCO2. The van der Waals surface area contributed by atoms with Crippen molar-refractivity contribution in [2.45, 2.75) is 44.4 Å². The highest BCUT2D eigenvalue weighted by atomic mass is 79.9. The number of nitrogens with two attached hydrogens (primary N) is 1. The van der Waals surface area contributed by atoms with Gasteiger partial charge in [0.15, 0.2) is 11.5 Å². The van der Waals surface area contributed by atoms with Gasteiger partial charge >= 0.3 is 0 Å². The van der Waals surface area contributed by atoms with Gasteiger partial charge in [-0.05, 0) is 46.3 Å². The van der Waals surface area contributed by atoms with Crippen LogP contribution in [0.3, 0.4) is 0 Å². The van der Waals surface area contributed by atoms with Crippen molar-refractivity contribution in [1.82, 2.24) is 0 Å². The minimum Gasteiger partial charge on any atom is -0.489 e. The van der Waals surface area contributed by atoms with Gasteiger partial charge in [0.1, 0.15) is 0 Å². The molecule has 1 saturated carbocycles. The van der Waals surface area contributed by atoms with Crippen molar-refractivity contribution in [2.75, 3.05) is 19.8 Å². The maximum atomic E-state index is 6.04. The van der Waals surface area contributed by atoms with Gasteiger partial charge in [0.2, 0.25) is 0 Å². The van der Waals surface area contributed by atoms with E-state index in [4.69, 9.17) is 15.2 Å². The molecule has 0 unspecified atom stereocenters. The standard InChI is InChI=1S/C16H22BrNO2/c1-10(2)13-11(16(9-18)4-5-16)8-12(17)14-15(13)20-7-3-6-19-14/h8,10H,3-7,9,18H2,1-2H3. The summed E-state index contributed by atoms with van der Waals surface area (Å²) in [6.07, 6.45) is 3.28.